The summed E-state index contributed by atoms with van der Waals surface area (Å²) in [6.45, 7) is 1.89. The lowest BCUT2D eigenvalue weighted by molar-refractivity contribution is -0.143. The molecular formula is C15H10F6O2. The molecule has 0 fully saturated rings. The highest BCUT2D eigenvalue weighted by Crippen LogP contribution is 2.41. The van der Waals surface area contributed by atoms with Gasteiger partial charge in [0.05, 0.1) is 16.7 Å². The molecule has 1 N–H and O–H groups in total. The van der Waals surface area contributed by atoms with Crippen LogP contribution in [0.2, 0.25) is 0 Å². The van der Waals surface area contributed by atoms with E-state index in [4.69, 9.17) is 6.42 Å². The van der Waals surface area contributed by atoms with Crippen LogP contribution in [0.25, 0.3) is 5.57 Å². The highest BCUT2D eigenvalue weighted by molar-refractivity contribution is 6.20. The molecule has 0 heterocycles. The van der Waals surface area contributed by atoms with E-state index in [1.165, 1.54) is 5.92 Å². The van der Waals surface area contributed by atoms with Gasteiger partial charge in [0.2, 0.25) is 0 Å². The summed E-state index contributed by atoms with van der Waals surface area (Å²) >= 11 is 0. The molecule has 124 valence electrons. The summed E-state index contributed by atoms with van der Waals surface area (Å²) in [5, 5.41) is 9.41. The number of rotatable bonds is 2. The Labute approximate surface area is 127 Å². The number of alkyl halides is 6. The van der Waals surface area contributed by atoms with Gasteiger partial charge in [-0.1, -0.05) is 5.92 Å². The predicted molar refractivity (Wildman–Crippen MR) is 70.3 cm³/mol. The van der Waals surface area contributed by atoms with Crippen molar-refractivity contribution in [3.8, 4) is 12.3 Å². The molecule has 0 saturated carbocycles. The number of allylic oxidation sites excluding steroid dienone is 2. The summed E-state index contributed by atoms with van der Waals surface area (Å²) in [5.41, 5.74) is -6.14. The molecule has 23 heavy (non-hydrogen) atoms. The SMILES string of the molecule is C#Cc1c(C(F)(F)F)cc(/C(C(C)=O)=C(\C)O)cc1C(F)(F)F. The Morgan fingerprint density at radius 3 is 1.65 bits per heavy atom. The number of Topliss-reactive ketones (excluding diaryl/α,β-unsaturated/α-hetero) is 1. The van der Waals surface area contributed by atoms with Crippen LogP contribution in [0, 0.1) is 12.3 Å². The Hall–Kier alpha value is -2.43. The van der Waals surface area contributed by atoms with E-state index < -0.39 is 51.7 Å². The number of aliphatic hydroxyl groups excluding tert-OH is 1. The molecule has 0 aromatic heterocycles. The van der Waals surface area contributed by atoms with Crippen LogP contribution in [0.5, 0.6) is 0 Å². The van der Waals surface area contributed by atoms with E-state index in [1.807, 2.05) is 0 Å². The lowest BCUT2D eigenvalue weighted by Gasteiger charge is -2.18. The largest absolute Gasteiger partial charge is 0.512 e. The molecule has 1 aromatic carbocycles. The quantitative estimate of drug-likeness (QED) is 0.371. The van der Waals surface area contributed by atoms with E-state index in [9.17, 15) is 36.2 Å². The number of hydrogen-bond acceptors (Lipinski definition) is 2. The van der Waals surface area contributed by atoms with E-state index >= 15 is 0 Å². The van der Waals surface area contributed by atoms with E-state index in [0.717, 1.165) is 13.8 Å². The normalized spacial score (nSPS) is 13.3. The van der Waals surface area contributed by atoms with Gasteiger partial charge in [0.25, 0.3) is 0 Å². The minimum atomic E-state index is -5.16. The molecule has 8 heteroatoms. The van der Waals surface area contributed by atoms with Gasteiger partial charge in [0, 0.05) is 5.56 Å². The van der Waals surface area contributed by atoms with E-state index in [0.29, 0.717) is 12.1 Å². The lowest BCUT2D eigenvalue weighted by atomic mass is 9.92. The van der Waals surface area contributed by atoms with Crippen molar-refractivity contribution < 1.29 is 36.2 Å². The van der Waals surface area contributed by atoms with Crippen LogP contribution >= 0.6 is 0 Å². The van der Waals surface area contributed by atoms with Crippen molar-refractivity contribution in [1.82, 2.24) is 0 Å². The fraction of sp³-hybridized carbons (Fsp3) is 0.267. The number of aliphatic hydroxyl groups is 1. The molecule has 0 aliphatic carbocycles. The zero-order chi connectivity index (χ0) is 18.2. The van der Waals surface area contributed by atoms with E-state index in [1.54, 1.807) is 0 Å². The Bertz CT molecular complexity index is 678. The summed E-state index contributed by atoms with van der Waals surface area (Å²) in [5.74, 6) is -0.192. The maximum Gasteiger partial charge on any atom is 0.417 e. The molecule has 0 amide bonds. The van der Waals surface area contributed by atoms with Crippen LogP contribution in [-0.2, 0) is 17.1 Å². The van der Waals surface area contributed by atoms with Crippen molar-refractivity contribution in [3.05, 3.63) is 40.1 Å². The molecule has 0 radical (unpaired) electrons. The summed E-state index contributed by atoms with van der Waals surface area (Å²) in [7, 11) is 0. The molecule has 0 atom stereocenters. The first-order valence-electron chi connectivity index (χ1n) is 6.01. The minimum Gasteiger partial charge on any atom is -0.512 e. The topological polar surface area (TPSA) is 37.3 Å². The second-order valence-corrected chi connectivity index (χ2v) is 4.60. The van der Waals surface area contributed by atoms with E-state index in [-0.39, 0.29) is 0 Å². The number of carbonyl (C=O) groups excluding carboxylic acids is 1. The van der Waals surface area contributed by atoms with E-state index in [2.05, 4.69) is 0 Å². The maximum absolute atomic E-state index is 13.0. The number of halogens is 6. The third-order valence-electron chi connectivity index (χ3n) is 2.90. The van der Waals surface area contributed by atoms with Crippen molar-refractivity contribution in [1.29, 1.82) is 0 Å². The van der Waals surface area contributed by atoms with Crippen molar-refractivity contribution in [3.63, 3.8) is 0 Å². The first kappa shape index (κ1) is 18.6. The smallest absolute Gasteiger partial charge is 0.417 e. The third-order valence-corrected chi connectivity index (χ3v) is 2.90. The van der Waals surface area contributed by atoms with Crippen LogP contribution in [0.1, 0.15) is 36.1 Å². The highest BCUT2D eigenvalue weighted by Gasteiger charge is 2.41. The maximum atomic E-state index is 13.0. The van der Waals surface area contributed by atoms with Gasteiger partial charge in [-0.05, 0) is 31.5 Å². The number of ketones is 1. The van der Waals surface area contributed by atoms with Crippen LogP contribution < -0.4 is 0 Å². The van der Waals surface area contributed by atoms with Gasteiger partial charge in [-0.15, -0.1) is 6.42 Å². The molecule has 2 nitrogen and oxygen atoms in total. The van der Waals surface area contributed by atoms with Crippen molar-refractivity contribution >= 4 is 11.4 Å². The Morgan fingerprint density at radius 1 is 1.04 bits per heavy atom. The van der Waals surface area contributed by atoms with Crippen molar-refractivity contribution in [2.24, 2.45) is 0 Å². The molecule has 1 aromatic rings. The van der Waals surface area contributed by atoms with Gasteiger partial charge in [0.1, 0.15) is 5.76 Å². The first-order chi connectivity index (χ1) is 10.3. The van der Waals surface area contributed by atoms with Crippen molar-refractivity contribution in [2.45, 2.75) is 26.2 Å². The zero-order valence-corrected chi connectivity index (χ0v) is 11.9. The van der Waals surface area contributed by atoms with Gasteiger partial charge < -0.3 is 5.11 Å². The van der Waals surface area contributed by atoms with Crippen molar-refractivity contribution in [2.75, 3.05) is 0 Å². The molecular weight excluding hydrogens is 326 g/mol. The number of benzene rings is 1. The molecule has 0 aliphatic rings. The van der Waals surface area contributed by atoms with Crippen LogP contribution in [0.3, 0.4) is 0 Å². The number of terminal acetylenes is 1. The first-order valence-corrected chi connectivity index (χ1v) is 6.01. The summed E-state index contributed by atoms with van der Waals surface area (Å²) in [4.78, 5) is 11.4. The number of hydrogen-bond donors (Lipinski definition) is 1. The molecule has 0 aliphatic heterocycles. The second kappa shape index (κ2) is 5.99. The van der Waals surface area contributed by atoms with Crippen LogP contribution in [0.4, 0.5) is 26.3 Å². The minimum absolute atomic E-state index is 0.320. The Balaban J connectivity index is 3.96. The highest BCUT2D eigenvalue weighted by atomic mass is 19.4. The third kappa shape index (κ3) is 3.86. The number of carbonyl (C=O) groups is 1. The fourth-order valence-electron chi connectivity index (χ4n) is 2.06. The van der Waals surface area contributed by atoms with Crippen LogP contribution in [0.15, 0.2) is 17.9 Å². The average Bonchev–Trinajstić information content (AvgIpc) is 2.34. The van der Waals surface area contributed by atoms with Gasteiger partial charge in [-0.25, -0.2) is 0 Å². The Kier molecular flexibility index (Phi) is 4.85. The predicted octanol–water partition coefficient (Wildman–Crippen LogP) is 4.58. The van der Waals surface area contributed by atoms with Gasteiger partial charge in [-0.3, -0.25) is 4.79 Å². The zero-order valence-electron chi connectivity index (χ0n) is 11.9. The monoisotopic (exact) mass is 336 g/mol. The summed E-state index contributed by atoms with van der Waals surface area (Å²) < 4.78 is 78.1. The molecule has 0 spiro atoms. The summed E-state index contributed by atoms with van der Waals surface area (Å²) in [6.07, 6.45) is -5.52. The second-order valence-electron chi connectivity index (χ2n) is 4.60. The standard InChI is InChI=1S/C15H10F6O2/c1-4-10-11(14(16,17)18)5-9(6-12(10)15(19,20)21)13(7(2)22)8(3)23/h1,5-6,22H,2-3H3/b13-7+. The Morgan fingerprint density at radius 2 is 1.43 bits per heavy atom. The average molecular weight is 336 g/mol. The van der Waals surface area contributed by atoms with Crippen LogP contribution in [-0.4, -0.2) is 10.9 Å². The fourth-order valence-corrected chi connectivity index (χ4v) is 2.06. The van der Waals surface area contributed by atoms with Gasteiger partial charge in [0.15, 0.2) is 5.78 Å². The molecule has 0 saturated heterocycles. The molecule has 1 rings (SSSR count). The molecule has 0 bridgehead atoms. The lowest BCUT2D eigenvalue weighted by Crippen LogP contribution is -2.17. The van der Waals surface area contributed by atoms with Gasteiger partial charge in [-0.2, -0.15) is 26.3 Å². The molecule has 0 unspecified atom stereocenters. The summed E-state index contributed by atoms with van der Waals surface area (Å²) in [6, 6.07) is 0.641. The van der Waals surface area contributed by atoms with Gasteiger partial charge >= 0.3 is 12.4 Å².